The van der Waals surface area contributed by atoms with E-state index in [1.165, 1.54) is 9.80 Å². The van der Waals surface area contributed by atoms with Gasteiger partial charge in [-0.2, -0.15) is 0 Å². The number of nitrogens with two attached hydrogens (primary N) is 2. The maximum atomic E-state index is 12.8. The summed E-state index contributed by atoms with van der Waals surface area (Å²) in [5.74, 6) is -1.09. The van der Waals surface area contributed by atoms with Gasteiger partial charge in [0.05, 0.1) is 22.3 Å². The number of carbonyl (C=O) groups is 4. The summed E-state index contributed by atoms with van der Waals surface area (Å²) < 4.78 is 0. The minimum atomic E-state index is -0.346. The number of carbonyl (C=O) groups excluding carboxylic acids is 4. The van der Waals surface area contributed by atoms with E-state index in [0.717, 1.165) is 25.7 Å². The van der Waals surface area contributed by atoms with Crippen LogP contribution in [0, 0.1) is 11.8 Å². The lowest BCUT2D eigenvalue weighted by atomic mass is 9.81. The molecule has 2 heterocycles. The smallest absolute Gasteiger partial charge is 0.263 e. The van der Waals surface area contributed by atoms with Crippen LogP contribution in [0.5, 0.6) is 0 Å². The first-order chi connectivity index (χ1) is 15.4. The standard InChI is InChI=1S/C24H24N4O4/c25-17-8-2-6-15-19(17)23(31)27(21(15)29)11-13-4-1-5-14(10-13)12-28-22(30)16-7-3-9-18(26)20(16)24(28)32/h2-3,6-9,13-14H,1,4-5,10-12,25-26H2. The van der Waals surface area contributed by atoms with Gasteiger partial charge in [-0.1, -0.05) is 18.6 Å². The Hall–Kier alpha value is -3.68. The van der Waals surface area contributed by atoms with Crippen molar-refractivity contribution in [1.29, 1.82) is 0 Å². The lowest BCUT2D eigenvalue weighted by Crippen LogP contribution is -2.39. The molecule has 3 aliphatic rings. The van der Waals surface area contributed by atoms with Gasteiger partial charge in [0.1, 0.15) is 0 Å². The Morgan fingerprint density at radius 1 is 0.688 bits per heavy atom. The Morgan fingerprint density at radius 3 is 1.53 bits per heavy atom. The Bertz CT molecular complexity index is 1090. The molecule has 32 heavy (non-hydrogen) atoms. The zero-order chi connectivity index (χ0) is 22.6. The highest BCUT2D eigenvalue weighted by Crippen LogP contribution is 2.35. The first kappa shape index (κ1) is 20.2. The van der Waals surface area contributed by atoms with Crippen LogP contribution >= 0.6 is 0 Å². The summed E-state index contributed by atoms with van der Waals surface area (Å²) in [6.45, 7) is 0.634. The average Bonchev–Trinajstić information content (AvgIpc) is 3.16. The predicted molar refractivity (Wildman–Crippen MR) is 118 cm³/mol. The molecule has 8 nitrogen and oxygen atoms in total. The predicted octanol–water partition coefficient (Wildman–Crippen LogP) is 2.55. The number of nitrogens with zero attached hydrogens (tertiary/aromatic N) is 2. The summed E-state index contributed by atoms with van der Waals surface area (Å²) in [6.07, 6.45) is 3.40. The van der Waals surface area contributed by atoms with Crippen LogP contribution < -0.4 is 11.5 Å². The summed E-state index contributed by atoms with van der Waals surface area (Å²) in [5, 5.41) is 0. The quantitative estimate of drug-likeness (QED) is 0.565. The van der Waals surface area contributed by atoms with Gasteiger partial charge in [-0.25, -0.2) is 0 Å². The number of imide groups is 2. The van der Waals surface area contributed by atoms with Crippen LogP contribution in [-0.4, -0.2) is 46.5 Å². The van der Waals surface area contributed by atoms with Crippen molar-refractivity contribution in [3.8, 4) is 0 Å². The molecule has 1 aliphatic carbocycles. The molecule has 2 atom stereocenters. The van der Waals surface area contributed by atoms with Crippen molar-refractivity contribution in [2.24, 2.45) is 11.8 Å². The molecule has 5 rings (SSSR count). The minimum Gasteiger partial charge on any atom is -0.398 e. The first-order valence-electron chi connectivity index (χ1n) is 10.9. The van der Waals surface area contributed by atoms with Crippen molar-refractivity contribution in [2.45, 2.75) is 25.7 Å². The molecule has 4 N–H and O–H groups in total. The number of rotatable bonds is 4. The van der Waals surface area contributed by atoms with Crippen LogP contribution in [0.1, 0.15) is 67.1 Å². The van der Waals surface area contributed by atoms with Crippen LogP contribution in [-0.2, 0) is 0 Å². The molecular weight excluding hydrogens is 408 g/mol. The van der Waals surface area contributed by atoms with Gasteiger partial charge < -0.3 is 11.5 Å². The topological polar surface area (TPSA) is 127 Å². The number of amides is 4. The van der Waals surface area contributed by atoms with E-state index >= 15 is 0 Å². The highest BCUT2D eigenvalue weighted by molar-refractivity contribution is 6.24. The molecular formula is C24H24N4O4. The van der Waals surface area contributed by atoms with E-state index in [9.17, 15) is 19.2 Å². The van der Waals surface area contributed by atoms with Crippen LogP contribution in [0.3, 0.4) is 0 Å². The van der Waals surface area contributed by atoms with E-state index < -0.39 is 0 Å². The van der Waals surface area contributed by atoms with E-state index in [4.69, 9.17) is 11.5 Å². The minimum absolute atomic E-state index is 0.109. The molecule has 1 fully saturated rings. The fourth-order valence-electron chi connectivity index (χ4n) is 5.30. The van der Waals surface area contributed by atoms with Crippen LogP contribution in [0.15, 0.2) is 36.4 Å². The number of nitrogen functional groups attached to an aromatic ring is 2. The summed E-state index contributed by atoms with van der Waals surface area (Å²) in [4.78, 5) is 53.8. The Labute approximate surface area is 185 Å². The second-order valence-electron chi connectivity index (χ2n) is 8.88. The number of anilines is 2. The number of benzene rings is 2. The summed E-state index contributed by atoms with van der Waals surface area (Å²) in [6, 6.07) is 9.85. The number of fused-ring (bicyclic) bond motifs is 2. The molecule has 8 heteroatoms. The second-order valence-corrected chi connectivity index (χ2v) is 8.88. The van der Waals surface area contributed by atoms with Crippen LogP contribution in [0.25, 0.3) is 0 Å². The van der Waals surface area contributed by atoms with E-state index in [0.29, 0.717) is 35.6 Å². The molecule has 0 saturated heterocycles. The van der Waals surface area contributed by atoms with Crippen molar-refractivity contribution in [2.75, 3.05) is 24.6 Å². The zero-order valence-corrected chi connectivity index (χ0v) is 17.5. The largest absolute Gasteiger partial charge is 0.398 e. The molecule has 164 valence electrons. The molecule has 0 bridgehead atoms. The van der Waals surface area contributed by atoms with Crippen molar-refractivity contribution >= 4 is 35.0 Å². The summed E-state index contributed by atoms with van der Waals surface area (Å²) >= 11 is 0. The van der Waals surface area contributed by atoms with E-state index in [2.05, 4.69) is 0 Å². The molecule has 2 unspecified atom stereocenters. The summed E-state index contributed by atoms with van der Waals surface area (Å²) in [7, 11) is 0. The van der Waals surface area contributed by atoms with Crippen LogP contribution in [0.4, 0.5) is 11.4 Å². The SMILES string of the molecule is Nc1cccc2c1C(=O)N(CC1CCCC(CN3C(=O)c4cccc(N)c4C3=O)C1)C2=O. The first-order valence-corrected chi connectivity index (χ1v) is 10.9. The van der Waals surface area contributed by atoms with E-state index in [-0.39, 0.29) is 46.6 Å². The third-order valence-corrected chi connectivity index (χ3v) is 6.84. The Balaban J connectivity index is 1.27. The van der Waals surface area contributed by atoms with Crippen molar-refractivity contribution in [3.63, 3.8) is 0 Å². The fraction of sp³-hybridized carbons (Fsp3) is 0.333. The van der Waals surface area contributed by atoms with Gasteiger partial charge >= 0.3 is 0 Å². The molecule has 2 aromatic rings. The van der Waals surface area contributed by atoms with E-state index in [1.54, 1.807) is 36.4 Å². The highest BCUT2D eigenvalue weighted by atomic mass is 16.2. The Morgan fingerprint density at radius 2 is 1.12 bits per heavy atom. The maximum absolute atomic E-state index is 12.8. The van der Waals surface area contributed by atoms with Gasteiger partial charge in [-0.3, -0.25) is 29.0 Å². The van der Waals surface area contributed by atoms with E-state index in [1.807, 2.05) is 0 Å². The fourth-order valence-corrected chi connectivity index (χ4v) is 5.30. The highest BCUT2D eigenvalue weighted by Gasteiger charge is 2.41. The zero-order valence-electron chi connectivity index (χ0n) is 17.5. The molecule has 4 amide bonds. The van der Waals surface area contributed by atoms with Gasteiger partial charge in [0.25, 0.3) is 23.6 Å². The van der Waals surface area contributed by atoms with Crippen molar-refractivity contribution < 1.29 is 19.2 Å². The molecule has 2 aromatic carbocycles. The lowest BCUT2D eigenvalue weighted by molar-refractivity contribution is 0.0576. The summed E-state index contributed by atoms with van der Waals surface area (Å²) in [5.41, 5.74) is 13.8. The lowest BCUT2D eigenvalue weighted by Gasteiger charge is -2.32. The maximum Gasteiger partial charge on any atom is 0.263 e. The average molecular weight is 432 g/mol. The van der Waals surface area contributed by atoms with Crippen LogP contribution in [0.2, 0.25) is 0 Å². The number of hydrogen-bond acceptors (Lipinski definition) is 6. The van der Waals surface area contributed by atoms with Gasteiger partial charge in [0, 0.05) is 24.5 Å². The van der Waals surface area contributed by atoms with Crippen molar-refractivity contribution in [1.82, 2.24) is 9.80 Å². The molecule has 1 saturated carbocycles. The third-order valence-electron chi connectivity index (χ3n) is 6.84. The van der Waals surface area contributed by atoms with Crippen molar-refractivity contribution in [3.05, 3.63) is 58.7 Å². The second kappa shape index (κ2) is 7.47. The van der Waals surface area contributed by atoms with Gasteiger partial charge in [0.15, 0.2) is 0 Å². The number of hydrogen-bond donors (Lipinski definition) is 2. The monoisotopic (exact) mass is 432 g/mol. The van der Waals surface area contributed by atoms with Gasteiger partial charge in [0.2, 0.25) is 0 Å². The molecule has 0 radical (unpaired) electrons. The van der Waals surface area contributed by atoms with Gasteiger partial charge in [-0.15, -0.1) is 0 Å². The Kier molecular flexibility index (Phi) is 4.73. The normalized spacial score (nSPS) is 22.5. The molecule has 0 spiro atoms. The third kappa shape index (κ3) is 3.05. The molecule has 2 aliphatic heterocycles. The molecule has 0 aromatic heterocycles. The van der Waals surface area contributed by atoms with Gasteiger partial charge in [-0.05, 0) is 55.4 Å².